The van der Waals surface area contributed by atoms with Gasteiger partial charge in [-0.2, -0.15) is 0 Å². The lowest BCUT2D eigenvalue weighted by molar-refractivity contribution is -0.135. The van der Waals surface area contributed by atoms with Crippen molar-refractivity contribution in [2.24, 2.45) is 0 Å². The van der Waals surface area contributed by atoms with Gasteiger partial charge >= 0.3 is 18.0 Å². The van der Waals surface area contributed by atoms with Gasteiger partial charge in [0.05, 0.1) is 0 Å². The highest BCUT2D eigenvalue weighted by Crippen LogP contribution is 1.92. The minimum absolute atomic E-state index is 0.292. The molecule has 0 bridgehead atoms. The van der Waals surface area contributed by atoms with E-state index < -0.39 is 30.5 Å². The fourth-order valence-electron chi connectivity index (χ4n) is 0.850. The molecular weight excluding hydrogens is 208 g/mol. The van der Waals surface area contributed by atoms with Gasteiger partial charge in [0.25, 0.3) is 0 Å². The SMILES string of the molecule is O=C(O)CNC(=O)NN1CC(=O)NC1=O. The van der Waals surface area contributed by atoms with E-state index in [9.17, 15) is 19.2 Å². The highest BCUT2D eigenvalue weighted by atomic mass is 16.4. The Bertz CT molecular complexity index is 327. The van der Waals surface area contributed by atoms with Crippen LogP contribution in [0.5, 0.6) is 0 Å². The molecule has 0 saturated carbocycles. The first-order chi connectivity index (χ1) is 6.99. The fourth-order valence-corrected chi connectivity index (χ4v) is 0.850. The number of carboxylic acids is 1. The van der Waals surface area contributed by atoms with E-state index in [0.29, 0.717) is 0 Å². The number of nitrogens with zero attached hydrogens (tertiary/aromatic N) is 1. The number of hydrogen-bond donors (Lipinski definition) is 4. The first kappa shape index (κ1) is 10.8. The predicted molar refractivity (Wildman–Crippen MR) is 44.4 cm³/mol. The lowest BCUT2D eigenvalue weighted by Crippen LogP contribution is -2.49. The molecule has 0 spiro atoms. The third-order valence-corrected chi connectivity index (χ3v) is 1.43. The Morgan fingerprint density at radius 1 is 1.47 bits per heavy atom. The summed E-state index contributed by atoms with van der Waals surface area (Å²) in [4.78, 5) is 42.6. The molecule has 1 fully saturated rings. The van der Waals surface area contributed by atoms with Gasteiger partial charge in [-0.05, 0) is 0 Å². The monoisotopic (exact) mass is 216 g/mol. The van der Waals surface area contributed by atoms with E-state index in [-0.39, 0.29) is 6.54 Å². The molecule has 1 saturated heterocycles. The van der Waals surface area contributed by atoms with E-state index >= 15 is 0 Å². The summed E-state index contributed by atoms with van der Waals surface area (Å²) in [5, 5.41) is 12.9. The minimum atomic E-state index is -1.22. The van der Waals surface area contributed by atoms with Gasteiger partial charge in [-0.15, -0.1) is 0 Å². The molecule has 0 aromatic heterocycles. The summed E-state index contributed by atoms with van der Waals surface area (Å²) < 4.78 is 0. The van der Waals surface area contributed by atoms with Crippen molar-refractivity contribution in [2.45, 2.75) is 0 Å². The number of imide groups is 1. The summed E-state index contributed by atoms with van der Waals surface area (Å²) in [6, 6.07) is -1.63. The molecule has 4 N–H and O–H groups in total. The number of carbonyl (C=O) groups excluding carboxylic acids is 3. The van der Waals surface area contributed by atoms with Crippen LogP contribution < -0.4 is 16.1 Å². The van der Waals surface area contributed by atoms with Crippen LogP contribution in [0.1, 0.15) is 0 Å². The summed E-state index contributed by atoms with van der Waals surface area (Å²) in [7, 11) is 0. The zero-order valence-electron chi connectivity index (χ0n) is 7.44. The molecule has 82 valence electrons. The second-order valence-corrected chi connectivity index (χ2v) is 2.63. The quantitative estimate of drug-likeness (QED) is 0.399. The summed E-state index contributed by atoms with van der Waals surface area (Å²) in [6.45, 7) is -0.867. The van der Waals surface area contributed by atoms with Gasteiger partial charge in [0.1, 0.15) is 13.1 Å². The second kappa shape index (κ2) is 4.26. The van der Waals surface area contributed by atoms with Crippen molar-refractivity contribution in [2.75, 3.05) is 13.1 Å². The van der Waals surface area contributed by atoms with Crippen LogP contribution in [-0.4, -0.2) is 47.1 Å². The van der Waals surface area contributed by atoms with Crippen molar-refractivity contribution in [3.63, 3.8) is 0 Å². The minimum Gasteiger partial charge on any atom is -0.480 e. The third kappa shape index (κ3) is 3.14. The smallest absolute Gasteiger partial charge is 0.343 e. The zero-order valence-corrected chi connectivity index (χ0v) is 7.44. The molecule has 5 amide bonds. The van der Waals surface area contributed by atoms with E-state index in [0.717, 1.165) is 5.01 Å². The molecule has 1 aliphatic rings. The highest BCUT2D eigenvalue weighted by molar-refractivity contribution is 6.02. The van der Waals surface area contributed by atoms with Crippen LogP contribution in [0, 0.1) is 0 Å². The molecule has 1 rings (SSSR count). The van der Waals surface area contributed by atoms with Gasteiger partial charge in [0.2, 0.25) is 5.91 Å². The van der Waals surface area contributed by atoms with Crippen molar-refractivity contribution >= 4 is 23.9 Å². The van der Waals surface area contributed by atoms with Crippen LogP contribution in [0.3, 0.4) is 0 Å². The predicted octanol–water partition coefficient (Wildman–Crippen LogP) is -2.16. The Kier molecular flexibility index (Phi) is 3.06. The Morgan fingerprint density at radius 2 is 2.13 bits per heavy atom. The van der Waals surface area contributed by atoms with Gasteiger partial charge in [0, 0.05) is 0 Å². The number of carboxylic acid groups (broad SMARTS) is 1. The second-order valence-electron chi connectivity index (χ2n) is 2.63. The van der Waals surface area contributed by atoms with Crippen LogP contribution in [0.4, 0.5) is 9.59 Å². The first-order valence-electron chi connectivity index (χ1n) is 3.86. The standard InChI is InChI=1S/C6H8N4O5/c11-3-2-10(6(15)8-3)9-5(14)7-1-4(12)13/h1-2H2,(H,12,13)(H2,7,9,14)(H,8,11,15). The lowest BCUT2D eigenvalue weighted by atomic mass is 10.6. The number of urea groups is 2. The van der Waals surface area contributed by atoms with Crippen LogP contribution in [0.2, 0.25) is 0 Å². The van der Waals surface area contributed by atoms with Crippen LogP contribution >= 0.6 is 0 Å². The fraction of sp³-hybridized carbons (Fsp3) is 0.333. The van der Waals surface area contributed by atoms with Crippen molar-refractivity contribution in [1.82, 2.24) is 21.1 Å². The maximum absolute atomic E-state index is 10.9. The van der Waals surface area contributed by atoms with E-state index in [1.165, 1.54) is 0 Å². The van der Waals surface area contributed by atoms with Crippen molar-refractivity contribution in [3.05, 3.63) is 0 Å². The summed E-state index contributed by atoms with van der Waals surface area (Å²) in [6.07, 6.45) is 0. The number of rotatable bonds is 3. The molecule has 9 nitrogen and oxygen atoms in total. The van der Waals surface area contributed by atoms with Crippen molar-refractivity contribution in [3.8, 4) is 0 Å². The Morgan fingerprint density at radius 3 is 2.60 bits per heavy atom. The average molecular weight is 216 g/mol. The maximum Gasteiger partial charge on any atom is 0.343 e. The third-order valence-electron chi connectivity index (χ3n) is 1.43. The summed E-state index contributed by atoms with van der Waals surface area (Å²) in [5.74, 6) is -1.76. The number of hydrazine groups is 1. The molecule has 0 aromatic rings. The Balaban J connectivity index is 2.35. The Labute approximate surface area is 83.4 Å². The molecule has 1 aliphatic heterocycles. The number of carbonyl (C=O) groups is 4. The van der Waals surface area contributed by atoms with E-state index in [1.807, 2.05) is 16.1 Å². The van der Waals surface area contributed by atoms with E-state index in [2.05, 4.69) is 0 Å². The van der Waals surface area contributed by atoms with Crippen molar-refractivity contribution < 1.29 is 24.3 Å². The highest BCUT2D eigenvalue weighted by Gasteiger charge is 2.27. The van der Waals surface area contributed by atoms with Crippen LogP contribution in [0.25, 0.3) is 0 Å². The van der Waals surface area contributed by atoms with Gasteiger partial charge in [-0.1, -0.05) is 0 Å². The van der Waals surface area contributed by atoms with E-state index in [1.54, 1.807) is 0 Å². The maximum atomic E-state index is 10.9. The zero-order chi connectivity index (χ0) is 11.4. The molecule has 9 heteroatoms. The Hall–Kier alpha value is -2.32. The van der Waals surface area contributed by atoms with Gasteiger partial charge in [-0.3, -0.25) is 14.9 Å². The van der Waals surface area contributed by atoms with E-state index in [4.69, 9.17) is 5.11 Å². The number of aliphatic carboxylic acids is 1. The largest absolute Gasteiger partial charge is 0.480 e. The van der Waals surface area contributed by atoms with Gasteiger partial charge in [0.15, 0.2) is 0 Å². The number of amides is 5. The van der Waals surface area contributed by atoms with Crippen LogP contribution in [0.15, 0.2) is 0 Å². The molecule has 0 unspecified atom stereocenters. The van der Waals surface area contributed by atoms with Crippen molar-refractivity contribution in [1.29, 1.82) is 0 Å². The topological polar surface area (TPSA) is 128 Å². The average Bonchev–Trinajstić information content (AvgIpc) is 2.42. The molecule has 0 radical (unpaired) electrons. The molecule has 1 heterocycles. The summed E-state index contributed by atoms with van der Waals surface area (Å²) in [5.41, 5.74) is 2.00. The normalized spacial score (nSPS) is 14.8. The number of nitrogens with one attached hydrogen (secondary N) is 3. The molecule has 0 aromatic carbocycles. The molecule has 0 atom stereocenters. The number of hydrogen-bond acceptors (Lipinski definition) is 4. The van der Waals surface area contributed by atoms with Gasteiger partial charge < -0.3 is 10.4 Å². The summed E-state index contributed by atoms with van der Waals surface area (Å²) >= 11 is 0. The van der Waals surface area contributed by atoms with Gasteiger partial charge in [-0.25, -0.2) is 20.0 Å². The molecular formula is C6H8N4O5. The van der Waals surface area contributed by atoms with Crippen LogP contribution in [-0.2, 0) is 9.59 Å². The first-order valence-corrected chi connectivity index (χ1v) is 3.86. The molecule has 15 heavy (non-hydrogen) atoms. The molecule has 0 aliphatic carbocycles. The lowest BCUT2D eigenvalue weighted by Gasteiger charge is -2.14.